The van der Waals surface area contributed by atoms with Crippen LogP contribution in [-0.4, -0.2) is 11.8 Å². The predicted molar refractivity (Wildman–Crippen MR) is 81.7 cm³/mol. The summed E-state index contributed by atoms with van der Waals surface area (Å²) in [4.78, 5) is 1.36. The lowest BCUT2D eigenvalue weighted by atomic mass is 9.89. The first-order chi connectivity index (χ1) is 8.42. The molecule has 0 aliphatic carbocycles. The van der Waals surface area contributed by atoms with E-state index < -0.39 is 0 Å². The first kappa shape index (κ1) is 15.5. The second-order valence-electron chi connectivity index (χ2n) is 6.04. The molecule has 3 N–H and O–H groups in total. The molecule has 0 saturated heterocycles. The lowest BCUT2D eigenvalue weighted by Gasteiger charge is -2.22. The highest BCUT2D eigenvalue weighted by Gasteiger charge is 2.14. The van der Waals surface area contributed by atoms with Gasteiger partial charge in [-0.2, -0.15) is 0 Å². The summed E-state index contributed by atoms with van der Waals surface area (Å²) in [6, 6.07) is 8.89. The van der Waals surface area contributed by atoms with Crippen molar-refractivity contribution in [2.45, 2.75) is 51.5 Å². The first-order valence-corrected chi connectivity index (χ1v) is 7.55. The Morgan fingerprint density at radius 2 is 1.94 bits per heavy atom. The summed E-state index contributed by atoms with van der Waals surface area (Å²) in [7, 11) is 0. The van der Waals surface area contributed by atoms with Crippen LogP contribution in [0.15, 0.2) is 29.2 Å². The average Bonchev–Trinajstić information content (AvgIpc) is 2.30. The standard InChI is InChI=1S/C15H26N2S/c1-12-7-5-6-8-14(12)18-11-13(17-16)9-10-15(2,3)4/h5-8,13,17H,9-11,16H2,1-4H3. The molecule has 0 fully saturated rings. The Balaban J connectivity index is 2.43. The fourth-order valence-electron chi connectivity index (χ4n) is 1.73. The molecule has 1 rings (SSSR count). The maximum atomic E-state index is 5.64. The molecule has 0 amide bonds. The third-order valence-corrected chi connectivity index (χ3v) is 4.35. The molecule has 1 unspecified atom stereocenters. The molecule has 0 saturated carbocycles. The van der Waals surface area contributed by atoms with Gasteiger partial charge in [0, 0.05) is 16.7 Å². The molecule has 0 bridgehead atoms. The fraction of sp³-hybridized carbons (Fsp3) is 0.600. The summed E-state index contributed by atoms with van der Waals surface area (Å²) in [5, 5.41) is 0. The number of nitrogens with two attached hydrogens (primary N) is 1. The topological polar surface area (TPSA) is 38.0 Å². The second-order valence-corrected chi connectivity index (χ2v) is 7.10. The fourth-order valence-corrected chi connectivity index (χ4v) is 2.84. The van der Waals surface area contributed by atoms with Crippen LogP contribution in [0, 0.1) is 12.3 Å². The number of rotatable bonds is 6. The van der Waals surface area contributed by atoms with Crippen molar-refractivity contribution in [3.63, 3.8) is 0 Å². The Morgan fingerprint density at radius 1 is 1.28 bits per heavy atom. The smallest absolute Gasteiger partial charge is 0.0304 e. The zero-order valence-corrected chi connectivity index (χ0v) is 12.8. The lowest BCUT2D eigenvalue weighted by Crippen LogP contribution is -2.37. The minimum Gasteiger partial charge on any atom is -0.271 e. The third kappa shape index (κ3) is 5.89. The number of hydrogen-bond donors (Lipinski definition) is 2. The van der Waals surface area contributed by atoms with Gasteiger partial charge in [-0.1, -0.05) is 39.0 Å². The van der Waals surface area contributed by atoms with Crippen LogP contribution in [0.5, 0.6) is 0 Å². The normalized spacial score (nSPS) is 13.6. The van der Waals surface area contributed by atoms with Gasteiger partial charge >= 0.3 is 0 Å². The number of aryl methyl sites for hydroxylation is 1. The highest BCUT2D eigenvalue weighted by atomic mass is 32.2. The number of thioether (sulfide) groups is 1. The molecule has 3 heteroatoms. The Kier molecular flexibility index (Phi) is 6.19. The van der Waals surface area contributed by atoms with E-state index in [1.165, 1.54) is 16.9 Å². The molecule has 1 aromatic carbocycles. The van der Waals surface area contributed by atoms with Gasteiger partial charge in [0.05, 0.1) is 0 Å². The second kappa shape index (κ2) is 7.17. The highest BCUT2D eigenvalue weighted by molar-refractivity contribution is 7.99. The van der Waals surface area contributed by atoms with Gasteiger partial charge in [-0.3, -0.25) is 11.3 Å². The summed E-state index contributed by atoms with van der Waals surface area (Å²) < 4.78 is 0. The van der Waals surface area contributed by atoms with E-state index in [-0.39, 0.29) is 0 Å². The maximum absolute atomic E-state index is 5.64. The van der Waals surface area contributed by atoms with Crippen LogP contribution in [0.25, 0.3) is 0 Å². The van der Waals surface area contributed by atoms with Gasteiger partial charge in [0.25, 0.3) is 0 Å². The zero-order valence-electron chi connectivity index (χ0n) is 12.0. The van der Waals surface area contributed by atoms with Gasteiger partial charge in [0.1, 0.15) is 0 Å². The van der Waals surface area contributed by atoms with Crippen LogP contribution >= 0.6 is 11.8 Å². The van der Waals surface area contributed by atoms with Crippen LogP contribution in [-0.2, 0) is 0 Å². The minimum atomic E-state index is 0.377. The van der Waals surface area contributed by atoms with Crippen molar-refractivity contribution in [3.05, 3.63) is 29.8 Å². The molecule has 0 spiro atoms. The van der Waals surface area contributed by atoms with E-state index in [1.807, 2.05) is 11.8 Å². The molecule has 0 aliphatic rings. The summed E-state index contributed by atoms with van der Waals surface area (Å²) in [5.74, 6) is 6.67. The van der Waals surface area contributed by atoms with Crippen molar-refractivity contribution >= 4 is 11.8 Å². The molecule has 18 heavy (non-hydrogen) atoms. The molecular weight excluding hydrogens is 240 g/mol. The molecular formula is C15H26N2S. The van der Waals surface area contributed by atoms with Crippen LogP contribution in [0.1, 0.15) is 39.2 Å². The highest BCUT2D eigenvalue weighted by Crippen LogP contribution is 2.26. The predicted octanol–water partition coefficient (Wildman–Crippen LogP) is 3.75. The molecule has 102 valence electrons. The van der Waals surface area contributed by atoms with Gasteiger partial charge in [0.15, 0.2) is 0 Å². The zero-order chi connectivity index (χ0) is 13.6. The Bertz CT molecular complexity index is 358. The maximum Gasteiger partial charge on any atom is 0.0304 e. The summed E-state index contributed by atoms with van der Waals surface area (Å²) in [6.07, 6.45) is 2.31. The van der Waals surface area contributed by atoms with E-state index in [2.05, 4.69) is 57.4 Å². The van der Waals surface area contributed by atoms with Crippen molar-refractivity contribution in [2.75, 3.05) is 5.75 Å². The van der Waals surface area contributed by atoms with E-state index in [1.54, 1.807) is 0 Å². The average molecular weight is 266 g/mol. The van der Waals surface area contributed by atoms with Crippen molar-refractivity contribution < 1.29 is 0 Å². The van der Waals surface area contributed by atoms with Crippen molar-refractivity contribution in [1.82, 2.24) is 5.43 Å². The van der Waals surface area contributed by atoms with E-state index in [9.17, 15) is 0 Å². The molecule has 1 aromatic rings. The summed E-state index contributed by atoms with van der Waals surface area (Å²) >= 11 is 1.89. The molecule has 2 nitrogen and oxygen atoms in total. The monoisotopic (exact) mass is 266 g/mol. The number of hydrazine groups is 1. The van der Waals surface area contributed by atoms with Crippen LogP contribution < -0.4 is 11.3 Å². The Labute approximate surface area is 116 Å². The van der Waals surface area contributed by atoms with Gasteiger partial charge in [-0.05, 0) is 36.8 Å². The van der Waals surface area contributed by atoms with Crippen molar-refractivity contribution in [2.24, 2.45) is 11.3 Å². The van der Waals surface area contributed by atoms with Gasteiger partial charge in [-0.15, -0.1) is 11.8 Å². The molecule has 0 radical (unpaired) electrons. The summed E-state index contributed by atoms with van der Waals surface area (Å²) in [6.45, 7) is 8.97. The van der Waals surface area contributed by atoms with Gasteiger partial charge < -0.3 is 0 Å². The lowest BCUT2D eigenvalue weighted by molar-refractivity contribution is 0.339. The van der Waals surface area contributed by atoms with Crippen LogP contribution in [0.3, 0.4) is 0 Å². The quantitative estimate of drug-likeness (QED) is 0.468. The minimum absolute atomic E-state index is 0.377. The van der Waals surface area contributed by atoms with E-state index >= 15 is 0 Å². The molecule has 0 heterocycles. The number of nitrogens with one attached hydrogen (secondary N) is 1. The van der Waals surface area contributed by atoms with Crippen LogP contribution in [0.4, 0.5) is 0 Å². The van der Waals surface area contributed by atoms with Crippen molar-refractivity contribution in [3.8, 4) is 0 Å². The molecule has 0 aliphatic heterocycles. The number of benzene rings is 1. The van der Waals surface area contributed by atoms with E-state index in [4.69, 9.17) is 5.84 Å². The first-order valence-electron chi connectivity index (χ1n) is 6.57. The SMILES string of the molecule is Cc1ccccc1SCC(CCC(C)(C)C)NN. The number of hydrogen-bond acceptors (Lipinski definition) is 3. The largest absolute Gasteiger partial charge is 0.271 e. The van der Waals surface area contributed by atoms with Gasteiger partial charge in [0.2, 0.25) is 0 Å². The third-order valence-electron chi connectivity index (χ3n) is 3.01. The molecule has 1 atom stereocenters. The van der Waals surface area contributed by atoms with Crippen LogP contribution in [0.2, 0.25) is 0 Å². The Morgan fingerprint density at radius 3 is 2.50 bits per heavy atom. The van der Waals surface area contributed by atoms with E-state index in [0.717, 1.165) is 12.2 Å². The van der Waals surface area contributed by atoms with Crippen molar-refractivity contribution in [1.29, 1.82) is 0 Å². The van der Waals surface area contributed by atoms with Gasteiger partial charge in [-0.25, -0.2) is 0 Å². The molecule has 0 aromatic heterocycles. The Hall–Kier alpha value is -0.510. The van der Waals surface area contributed by atoms with E-state index in [0.29, 0.717) is 11.5 Å². The summed E-state index contributed by atoms with van der Waals surface area (Å²) in [5.41, 5.74) is 4.66.